The summed E-state index contributed by atoms with van der Waals surface area (Å²) in [7, 11) is 0. The van der Waals surface area contributed by atoms with Crippen LogP contribution in [0.5, 0.6) is 0 Å². The first-order chi connectivity index (χ1) is 9.11. The van der Waals surface area contributed by atoms with Crippen molar-refractivity contribution < 1.29 is 0 Å². The van der Waals surface area contributed by atoms with Crippen LogP contribution in [0.25, 0.3) is 0 Å². The fourth-order valence-electron chi connectivity index (χ4n) is 5.25. The van der Waals surface area contributed by atoms with E-state index in [0.717, 1.165) is 29.6 Å². The molecule has 1 unspecified atom stereocenters. The molecular weight excluding hydrogens is 340 g/mol. The SMILES string of the molecule is Cc1sc(C(Cl)C2C3CC4CC(C3)CC2C4)cc1Br. The van der Waals surface area contributed by atoms with Gasteiger partial charge in [-0.1, -0.05) is 0 Å². The minimum atomic E-state index is 0.255. The lowest BCUT2D eigenvalue weighted by atomic mass is 9.51. The average molecular weight is 360 g/mol. The molecule has 0 spiro atoms. The Kier molecular flexibility index (Phi) is 3.28. The van der Waals surface area contributed by atoms with Crippen molar-refractivity contribution in [2.75, 3.05) is 0 Å². The summed E-state index contributed by atoms with van der Waals surface area (Å²) in [6.45, 7) is 2.18. The first-order valence-corrected chi connectivity index (χ1v) is 9.56. The number of aryl methyl sites for hydroxylation is 1. The van der Waals surface area contributed by atoms with Crippen LogP contribution in [0.4, 0.5) is 0 Å². The van der Waals surface area contributed by atoms with Gasteiger partial charge >= 0.3 is 0 Å². The van der Waals surface area contributed by atoms with Crippen LogP contribution in [0.3, 0.4) is 0 Å². The lowest BCUT2D eigenvalue weighted by Gasteiger charge is -2.55. The van der Waals surface area contributed by atoms with Gasteiger partial charge in [0.2, 0.25) is 0 Å². The molecule has 0 amide bonds. The Morgan fingerprint density at radius 2 is 1.74 bits per heavy atom. The lowest BCUT2D eigenvalue weighted by Crippen LogP contribution is -2.46. The van der Waals surface area contributed by atoms with Crippen LogP contribution in [0, 0.1) is 36.5 Å². The molecule has 4 saturated carbocycles. The summed E-state index contributed by atoms with van der Waals surface area (Å²) >= 11 is 12.5. The maximum atomic E-state index is 6.92. The minimum absolute atomic E-state index is 0.255. The van der Waals surface area contributed by atoms with Gasteiger partial charge in [0.05, 0.1) is 5.38 Å². The van der Waals surface area contributed by atoms with Gasteiger partial charge in [-0.3, -0.25) is 0 Å². The van der Waals surface area contributed by atoms with Crippen molar-refractivity contribution in [2.24, 2.45) is 29.6 Å². The maximum Gasteiger partial charge on any atom is 0.0712 e. The topological polar surface area (TPSA) is 0 Å². The molecule has 1 atom stereocenters. The summed E-state index contributed by atoms with van der Waals surface area (Å²) < 4.78 is 1.24. The molecule has 0 nitrogen and oxygen atoms in total. The molecule has 0 saturated heterocycles. The van der Waals surface area contributed by atoms with Gasteiger partial charge < -0.3 is 0 Å². The van der Waals surface area contributed by atoms with Gasteiger partial charge in [-0.2, -0.15) is 0 Å². The second-order valence-electron chi connectivity index (χ2n) is 6.96. The molecule has 4 fully saturated rings. The van der Waals surface area contributed by atoms with Crippen LogP contribution in [0.15, 0.2) is 10.5 Å². The van der Waals surface area contributed by atoms with Gasteiger partial charge in [-0.15, -0.1) is 22.9 Å². The van der Waals surface area contributed by atoms with Crippen LogP contribution in [-0.4, -0.2) is 0 Å². The zero-order valence-electron chi connectivity index (χ0n) is 11.2. The number of rotatable bonds is 2. The zero-order chi connectivity index (χ0) is 13.1. The maximum absolute atomic E-state index is 6.92. The highest BCUT2D eigenvalue weighted by molar-refractivity contribution is 9.10. The van der Waals surface area contributed by atoms with Gasteiger partial charge in [0.25, 0.3) is 0 Å². The smallest absolute Gasteiger partial charge is 0.0712 e. The molecule has 4 bridgehead atoms. The van der Waals surface area contributed by atoms with E-state index < -0.39 is 0 Å². The van der Waals surface area contributed by atoms with E-state index in [2.05, 4.69) is 28.9 Å². The highest BCUT2D eigenvalue weighted by Gasteiger charge is 2.50. The molecule has 0 aliphatic heterocycles. The van der Waals surface area contributed by atoms with Crippen molar-refractivity contribution >= 4 is 38.9 Å². The second kappa shape index (κ2) is 4.74. The highest BCUT2D eigenvalue weighted by Crippen LogP contribution is 2.61. The number of alkyl halides is 1. The fraction of sp³-hybridized carbons (Fsp3) is 0.750. The third kappa shape index (κ3) is 2.13. The fourth-order valence-corrected chi connectivity index (χ4v) is 7.46. The minimum Gasteiger partial charge on any atom is -0.143 e. The Morgan fingerprint density at radius 1 is 1.16 bits per heavy atom. The average Bonchev–Trinajstić information content (AvgIpc) is 2.68. The van der Waals surface area contributed by atoms with E-state index in [9.17, 15) is 0 Å². The molecule has 3 heteroatoms. The van der Waals surface area contributed by atoms with E-state index in [4.69, 9.17) is 11.6 Å². The van der Waals surface area contributed by atoms with Crippen molar-refractivity contribution in [2.45, 2.75) is 44.4 Å². The van der Waals surface area contributed by atoms with Crippen molar-refractivity contribution in [1.29, 1.82) is 0 Å². The summed E-state index contributed by atoms with van der Waals surface area (Å²) in [6.07, 6.45) is 7.38. The van der Waals surface area contributed by atoms with E-state index in [-0.39, 0.29) is 5.38 Å². The molecule has 19 heavy (non-hydrogen) atoms. The molecule has 4 aliphatic carbocycles. The predicted octanol–water partition coefficient (Wildman–Crippen LogP) is 6.17. The number of thiophene rings is 1. The summed E-state index contributed by atoms with van der Waals surface area (Å²) in [5, 5.41) is 0.255. The van der Waals surface area contributed by atoms with Crippen molar-refractivity contribution in [3.05, 3.63) is 20.3 Å². The number of halogens is 2. The number of hydrogen-bond donors (Lipinski definition) is 0. The normalized spacial score (nSPS) is 41.7. The molecule has 104 valence electrons. The van der Waals surface area contributed by atoms with E-state index in [1.165, 1.54) is 46.3 Å². The molecule has 1 aromatic heterocycles. The highest BCUT2D eigenvalue weighted by atomic mass is 79.9. The second-order valence-corrected chi connectivity index (χ2v) is 9.58. The third-order valence-corrected chi connectivity index (χ3v) is 8.66. The van der Waals surface area contributed by atoms with Crippen LogP contribution in [-0.2, 0) is 0 Å². The summed E-state index contributed by atoms with van der Waals surface area (Å²) in [6, 6.07) is 2.27. The van der Waals surface area contributed by atoms with Gasteiger partial charge in [0.15, 0.2) is 0 Å². The summed E-state index contributed by atoms with van der Waals surface area (Å²) in [5.74, 6) is 4.66. The Balaban J connectivity index is 1.61. The predicted molar refractivity (Wildman–Crippen MR) is 85.9 cm³/mol. The first kappa shape index (κ1) is 13.2. The molecule has 0 aromatic carbocycles. The Morgan fingerprint density at radius 3 is 2.21 bits per heavy atom. The van der Waals surface area contributed by atoms with Crippen LogP contribution in [0.2, 0.25) is 0 Å². The van der Waals surface area contributed by atoms with E-state index >= 15 is 0 Å². The quantitative estimate of drug-likeness (QED) is 0.554. The Bertz CT molecular complexity index is 447. The van der Waals surface area contributed by atoms with E-state index in [1.54, 1.807) is 0 Å². The molecule has 1 aromatic rings. The van der Waals surface area contributed by atoms with Gasteiger partial charge in [-0.05, 0) is 90.6 Å². The first-order valence-electron chi connectivity index (χ1n) is 7.51. The molecule has 0 N–H and O–H groups in total. The zero-order valence-corrected chi connectivity index (χ0v) is 14.4. The molecule has 5 rings (SSSR count). The van der Waals surface area contributed by atoms with Crippen molar-refractivity contribution in [3.63, 3.8) is 0 Å². The Hall–Kier alpha value is 0.470. The standard InChI is InChI=1S/C16H20BrClS/c1-8-13(17)7-14(19-8)16(18)15-11-3-9-2-10(5-11)6-12(15)4-9/h7,9-12,15-16H,2-6H2,1H3. The third-order valence-electron chi connectivity index (χ3n) is 5.79. The van der Waals surface area contributed by atoms with Crippen molar-refractivity contribution in [3.8, 4) is 0 Å². The van der Waals surface area contributed by atoms with Crippen LogP contribution >= 0.6 is 38.9 Å². The summed E-state index contributed by atoms with van der Waals surface area (Å²) in [4.78, 5) is 2.76. The molecular formula is C16H20BrClS. The van der Waals surface area contributed by atoms with Crippen LogP contribution in [0.1, 0.15) is 47.2 Å². The van der Waals surface area contributed by atoms with Gasteiger partial charge in [0, 0.05) is 14.2 Å². The van der Waals surface area contributed by atoms with E-state index in [0.29, 0.717) is 0 Å². The van der Waals surface area contributed by atoms with Crippen LogP contribution < -0.4 is 0 Å². The Labute approximate surface area is 133 Å². The molecule has 4 aliphatic rings. The van der Waals surface area contributed by atoms with Crippen molar-refractivity contribution in [1.82, 2.24) is 0 Å². The van der Waals surface area contributed by atoms with Gasteiger partial charge in [-0.25, -0.2) is 0 Å². The van der Waals surface area contributed by atoms with E-state index in [1.807, 2.05) is 11.3 Å². The lowest BCUT2D eigenvalue weighted by molar-refractivity contribution is -0.0378. The molecule has 0 radical (unpaired) electrons. The molecule has 1 heterocycles. The number of hydrogen-bond acceptors (Lipinski definition) is 1. The monoisotopic (exact) mass is 358 g/mol. The largest absolute Gasteiger partial charge is 0.143 e. The van der Waals surface area contributed by atoms with Gasteiger partial charge in [0.1, 0.15) is 0 Å². The summed E-state index contributed by atoms with van der Waals surface area (Å²) in [5.41, 5.74) is 0.